The minimum Gasteiger partial charge on any atom is -0.342 e. The Morgan fingerprint density at radius 1 is 1.38 bits per heavy atom. The number of nitrogens with one attached hydrogen (secondary N) is 1. The Kier molecular flexibility index (Phi) is 4.99. The van der Waals surface area contributed by atoms with Crippen LogP contribution in [0.4, 0.5) is 4.39 Å². The van der Waals surface area contributed by atoms with Gasteiger partial charge in [0.05, 0.1) is 5.41 Å². The lowest BCUT2D eigenvalue weighted by molar-refractivity contribution is -0.138. The van der Waals surface area contributed by atoms with Gasteiger partial charge in [-0.2, -0.15) is 0 Å². The van der Waals surface area contributed by atoms with Crippen molar-refractivity contribution >= 4 is 5.91 Å². The van der Waals surface area contributed by atoms with Gasteiger partial charge >= 0.3 is 0 Å². The summed E-state index contributed by atoms with van der Waals surface area (Å²) in [6.45, 7) is 6.42. The van der Waals surface area contributed by atoms with Crippen LogP contribution >= 0.6 is 0 Å². The molecule has 0 radical (unpaired) electrons. The van der Waals surface area contributed by atoms with E-state index in [1.807, 2.05) is 25.8 Å². The fourth-order valence-electron chi connectivity index (χ4n) is 3.09. The molecule has 1 aliphatic heterocycles. The quantitative estimate of drug-likeness (QED) is 0.925. The van der Waals surface area contributed by atoms with Crippen molar-refractivity contribution in [2.45, 2.75) is 32.1 Å². The number of rotatable bonds is 4. The third-order valence-corrected chi connectivity index (χ3v) is 4.40. The maximum absolute atomic E-state index is 13.1. The van der Waals surface area contributed by atoms with Crippen molar-refractivity contribution in [1.82, 2.24) is 10.2 Å². The first kappa shape index (κ1) is 16.0. The minimum absolute atomic E-state index is 0.134. The van der Waals surface area contributed by atoms with Gasteiger partial charge < -0.3 is 10.2 Å². The number of hydrogen-bond donors (Lipinski definition) is 1. The lowest BCUT2D eigenvalue weighted by Crippen LogP contribution is -2.49. The molecule has 1 heterocycles. The predicted octanol–water partition coefficient (Wildman–Crippen LogP) is 2.56. The van der Waals surface area contributed by atoms with E-state index in [2.05, 4.69) is 5.32 Å². The zero-order valence-electron chi connectivity index (χ0n) is 13.2. The molecule has 3 nitrogen and oxygen atoms in total. The first-order valence-corrected chi connectivity index (χ1v) is 7.65. The summed E-state index contributed by atoms with van der Waals surface area (Å²) in [6, 6.07) is 6.26. The number of amides is 1. The molecule has 1 fully saturated rings. The van der Waals surface area contributed by atoms with E-state index in [0.29, 0.717) is 5.92 Å². The zero-order chi connectivity index (χ0) is 15.5. The van der Waals surface area contributed by atoms with Gasteiger partial charge in [0.1, 0.15) is 5.82 Å². The van der Waals surface area contributed by atoms with E-state index in [-0.39, 0.29) is 11.7 Å². The Bertz CT molecular complexity index is 482. The fourth-order valence-corrected chi connectivity index (χ4v) is 3.09. The summed E-state index contributed by atoms with van der Waals surface area (Å²) in [5.74, 6) is 0.390. The summed E-state index contributed by atoms with van der Waals surface area (Å²) < 4.78 is 13.1. The number of benzene rings is 1. The number of halogens is 1. The second-order valence-electron chi connectivity index (χ2n) is 6.45. The Morgan fingerprint density at radius 2 is 2.05 bits per heavy atom. The fraction of sp³-hybridized carbons (Fsp3) is 0.588. The number of hydrogen-bond acceptors (Lipinski definition) is 2. The van der Waals surface area contributed by atoms with Crippen molar-refractivity contribution in [3.8, 4) is 0 Å². The van der Waals surface area contributed by atoms with Gasteiger partial charge in [0.2, 0.25) is 5.91 Å². The van der Waals surface area contributed by atoms with Gasteiger partial charge in [0, 0.05) is 13.1 Å². The number of carbonyl (C=O) groups is 1. The van der Waals surface area contributed by atoms with Crippen molar-refractivity contribution in [1.29, 1.82) is 0 Å². The summed E-state index contributed by atoms with van der Waals surface area (Å²) in [6.07, 6.45) is 2.22. The molecule has 0 aliphatic carbocycles. The van der Waals surface area contributed by atoms with Gasteiger partial charge in [-0.15, -0.1) is 0 Å². The van der Waals surface area contributed by atoms with Gasteiger partial charge in [0.15, 0.2) is 0 Å². The molecule has 116 valence electrons. The highest BCUT2D eigenvalue weighted by Crippen LogP contribution is 2.28. The molecular weight excluding hydrogens is 267 g/mol. The third-order valence-electron chi connectivity index (χ3n) is 4.40. The summed E-state index contributed by atoms with van der Waals surface area (Å²) in [5, 5.41) is 3.19. The molecule has 1 aromatic rings. The average Bonchev–Trinajstić information content (AvgIpc) is 2.47. The van der Waals surface area contributed by atoms with Crippen LogP contribution in [0.2, 0.25) is 0 Å². The minimum atomic E-state index is -0.616. The smallest absolute Gasteiger partial charge is 0.232 e. The average molecular weight is 292 g/mol. The third kappa shape index (κ3) is 3.62. The summed E-state index contributed by atoms with van der Waals surface area (Å²) >= 11 is 0. The van der Waals surface area contributed by atoms with Gasteiger partial charge in [-0.05, 0) is 63.9 Å². The standard InChI is InChI=1S/C17H25FN2O/c1-17(2,14-6-8-15(18)9-7-14)16(21)20-10-4-5-13(12-20)11-19-3/h6-9,13,19H,4-5,10-12H2,1-3H3. The van der Waals surface area contributed by atoms with Gasteiger partial charge in [-0.3, -0.25) is 4.79 Å². The van der Waals surface area contributed by atoms with E-state index in [1.165, 1.54) is 18.6 Å². The Morgan fingerprint density at radius 3 is 2.67 bits per heavy atom. The molecule has 2 rings (SSSR count). The highest BCUT2D eigenvalue weighted by molar-refractivity contribution is 5.87. The molecule has 1 N–H and O–H groups in total. The van der Waals surface area contributed by atoms with Gasteiger partial charge in [-0.1, -0.05) is 12.1 Å². The van der Waals surface area contributed by atoms with Crippen molar-refractivity contribution in [2.75, 3.05) is 26.7 Å². The normalized spacial score (nSPS) is 19.6. The lowest BCUT2D eigenvalue weighted by atomic mass is 9.82. The molecule has 21 heavy (non-hydrogen) atoms. The van der Waals surface area contributed by atoms with Crippen LogP contribution in [-0.2, 0) is 10.2 Å². The summed E-state index contributed by atoms with van der Waals surface area (Å²) in [5.41, 5.74) is 0.250. The van der Waals surface area contributed by atoms with Crippen molar-refractivity contribution in [2.24, 2.45) is 5.92 Å². The highest BCUT2D eigenvalue weighted by Gasteiger charge is 2.35. The van der Waals surface area contributed by atoms with Gasteiger partial charge in [0.25, 0.3) is 0 Å². The molecule has 0 spiro atoms. The molecule has 0 bridgehead atoms. The number of piperidine rings is 1. The van der Waals surface area contributed by atoms with E-state index in [0.717, 1.165) is 31.6 Å². The molecule has 4 heteroatoms. The van der Waals surface area contributed by atoms with E-state index in [1.54, 1.807) is 12.1 Å². The summed E-state index contributed by atoms with van der Waals surface area (Å²) in [7, 11) is 1.95. The van der Waals surface area contributed by atoms with Crippen LogP contribution in [0.25, 0.3) is 0 Å². The van der Waals surface area contributed by atoms with Crippen LogP contribution in [0, 0.1) is 11.7 Å². The maximum Gasteiger partial charge on any atom is 0.232 e. The van der Waals surface area contributed by atoms with E-state index in [4.69, 9.17) is 0 Å². The Balaban J connectivity index is 2.11. The summed E-state index contributed by atoms with van der Waals surface area (Å²) in [4.78, 5) is 14.8. The Hall–Kier alpha value is -1.42. The van der Waals surface area contributed by atoms with E-state index >= 15 is 0 Å². The molecule has 1 atom stereocenters. The topological polar surface area (TPSA) is 32.3 Å². The van der Waals surface area contributed by atoms with Crippen LogP contribution in [-0.4, -0.2) is 37.5 Å². The van der Waals surface area contributed by atoms with Crippen molar-refractivity contribution in [3.63, 3.8) is 0 Å². The molecule has 1 aliphatic rings. The molecule has 1 aromatic carbocycles. The first-order valence-electron chi connectivity index (χ1n) is 7.65. The van der Waals surface area contributed by atoms with Crippen LogP contribution in [0.1, 0.15) is 32.3 Å². The van der Waals surface area contributed by atoms with Crippen LogP contribution < -0.4 is 5.32 Å². The largest absolute Gasteiger partial charge is 0.342 e. The highest BCUT2D eigenvalue weighted by atomic mass is 19.1. The lowest BCUT2D eigenvalue weighted by Gasteiger charge is -2.38. The Labute approximate surface area is 126 Å². The predicted molar refractivity (Wildman–Crippen MR) is 82.7 cm³/mol. The van der Waals surface area contributed by atoms with E-state index in [9.17, 15) is 9.18 Å². The molecule has 0 saturated carbocycles. The molecule has 0 aromatic heterocycles. The number of carbonyl (C=O) groups excluding carboxylic acids is 1. The van der Waals surface area contributed by atoms with Crippen LogP contribution in [0.5, 0.6) is 0 Å². The molecular formula is C17H25FN2O. The molecule has 1 saturated heterocycles. The monoisotopic (exact) mass is 292 g/mol. The SMILES string of the molecule is CNCC1CCCN(C(=O)C(C)(C)c2ccc(F)cc2)C1. The number of likely N-dealkylation sites (tertiary alicyclic amines) is 1. The van der Waals surface area contributed by atoms with Crippen LogP contribution in [0.15, 0.2) is 24.3 Å². The van der Waals surface area contributed by atoms with Crippen LogP contribution in [0.3, 0.4) is 0 Å². The van der Waals surface area contributed by atoms with Crippen molar-refractivity contribution < 1.29 is 9.18 Å². The maximum atomic E-state index is 13.1. The first-order chi connectivity index (χ1) is 9.95. The number of nitrogens with zero attached hydrogens (tertiary/aromatic N) is 1. The van der Waals surface area contributed by atoms with Crippen molar-refractivity contribution in [3.05, 3.63) is 35.6 Å². The zero-order valence-corrected chi connectivity index (χ0v) is 13.2. The molecule has 1 unspecified atom stereocenters. The second-order valence-corrected chi connectivity index (χ2v) is 6.45. The second kappa shape index (κ2) is 6.56. The molecule has 1 amide bonds. The van der Waals surface area contributed by atoms with E-state index < -0.39 is 5.41 Å². The van der Waals surface area contributed by atoms with Gasteiger partial charge in [-0.25, -0.2) is 4.39 Å².